The molecule has 3 N–H and O–H groups in total. The van der Waals surface area contributed by atoms with Crippen LogP contribution in [0.1, 0.15) is 28.4 Å². The number of esters is 1. The number of rotatable bonds is 6. The van der Waals surface area contributed by atoms with E-state index in [9.17, 15) is 9.59 Å². The standard InChI is InChI=1S/C19H22N2O3/c1-3-24-19(23)17(12-14-9-5-4-8-13(14)2)21-18(22)15-10-6-7-11-16(15)20/h4-11,17H,3,12,20H2,1-2H3,(H,21,22). The van der Waals surface area contributed by atoms with Crippen LogP contribution in [0.25, 0.3) is 0 Å². The van der Waals surface area contributed by atoms with Crippen LogP contribution in [0.3, 0.4) is 0 Å². The summed E-state index contributed by atoms with van der Waals surface area (Å²) in [6, 6.07) is 13.7. The highest BCUT2D eigenvalue weighted by Gasteiger charge is 2.24. The third-order valence-electron chi connectivity index (χ3n) is 3.77. The number of ether oxygens (including phenoxy) is 1. The van der Waals surface area contributed by atoms with Crippen molar-refractivity contribution >= 4 is 17.6 Å². The summed E-state index contributed by atoms with van der Waals surface area (Å²) in [7, 11) is 0. The van der Waals surface area contributed by atoms with Gasteiger partial charge in [0.05, 0.1) is 12.2 Å². The van der Waals surface area contributed by atoms with Gasteiger partial charge < -0.3 is 15.8 Å². The van der Waals surface area contributed by atoms with Gasteiger partial charge in [-0.05, 0) is 37.1 Å². The van der Waals surface area contributed by atoms with Crippen molar-refractivity contribution in [3.63, 3.8) is 0 Å². The minimum absolute atomic E-state index is 0.256. The molecule has 0 aromatic heterocycles. The second kappa shape index (κ2) is 8.15. The Bertz CT molecular complexity index is 728. The number of para-hydroxylation sites is 1. The molecule has 0 aliphatic rings. The molecule has 24 heavy (non-hydrogen) atoms. The first-order valence-corrected chi connectivity index (χ1v) is 7.89. The first kappa shape index (κ1) is 17.5. The molecule has 5 heteroatoms. The van der Waals surface area contributed by atoms with Gasteiger partial charge in [0.2, 0.25) is 0 Å². The molecule has 0 spiro atoms. The minimum atomic E-state index is -0.766. The van der Waals surface area contributed by atoms with Crippen molar-refractivity contribution in [2.24, 2.45) is 0 Å². The first-order chi connectivity index (χ1) is 11.5. The maximum Gasteiger partial charge on any atom is 0.328 e. The second-order valence-electron chi connectivity index (χ2n) is 5.50. The van der Waals surface area contributed by atoms with Crippen LogP contribution in [-0.4, -0.2) is 24.5 Å². The average Bonchev–Trinajstić information content (AvgIpc) is 2.56. The number of amides is 1. The van der Waals surface area contributed by atoms with Gasteiger partial charge in [-0.3, -0.25) is 4.79 Å². The minimum Gasteiger partial charge on any atom is -0.464 e. The molecule has 1 unspecified atom stereocenters. The number of nitrogen functional groups attached to an aromatic ring is 1. The smallest absolute Gasteiger partial charge is 0.328 e. The van der Waals surface area contributed by atoms with Gasteiger partial charge in [-0.25, -0.2) is 4.79 Å². The number of nitrogens with one attached hydrogen (secondary N) is 1. The van der Waals surface area contributed by atoms with Crippen LogP contribution in [-0.2, 0) is 16.0 Å². The Balaban J connectivity index is 2.20. The second-order valence-corrected chi connectivity index (χ2v) is 5.50. The van der Waals surface area contributed by atoms with Gasteiger partial charge in [0.25, 0.3) is 5.91 Å². The number of nitrogens with two attached hydrogens (primary N) is 1. The summed E-state index contributed by atoms with van der Waals surface area (Å²) in [5.74, 6) is -0.844. The lowest BCUT2D eigenvalue weighted by Gasteiger charge is -2.19. The molecule has 0 radical (unpaired) electrons. The van der Waals surface area contributed by atoms with E-state index in [0.29, 0.717) is 17.7 Å². The zero-order chi connectivity index (χ0) is 17.5. The Morgan fingerprint density at radius 1 is 1.12 bits per heavy atom. The lowest BCUT2D eigenvalue weighted by molar-refractivity contribution is -0.145. The van der Waals surface area contributed by atoms with Crippen molar-refractivity contribution in [1.82, 2.24) is 5.32 Å². The van der Waals surface area contributed by atoms with E-state index < -0.39 is 12.0 Å². The van der Waals surface area contributed by atoms with E-state index in [4.69, 9.17) is 10.5 Å². The molecule has 0 heterocycles. The highest BCUT2D eigenvalue weighted by Crippen LogP contribution is 2.13. The number of anilines is 1. The zero-order valence-corrected chi connectivity index (χ0v) is 13.9. The molecule has 0 fully saturated rings. The van der Waals surface area contributed by atoms with Crippen LogP contribution in [0.2, 0.25) is 0 Å². The number of carbonyl (C=O) groups is 2. The third kappa shape index (κ3) is 4.35. The molecule has 0 saturated carbocycles. The van der Waals surface area contributed by atoms with E-state index in [1.54, 1.807) is 31.2 Å². The van der Waals surface area contributed by atoms with Crippen molar-refractivity contribution in [1.29, 1.82) is 0 Å². The Morgan fingerprint density at radius 3 is 2.46 bits per heavy atom. The summed E-state index contributed by atoms with van der Waals surface area (Å²) < 4.78 is 5.10. The summed E-state index contributed by atoms with van der Waals surface area (Å²) in [5, 5.41) is 2.74. The fourth-order valence-electron chi connectivity index (χ4n) is 2.43. The van der Waals surface area contributed by atoms with Crippen molar-refractivity contribution in [2.45, 2.75) is 26.3 Å². The predicted molar refractivity (Wildman–Crippen MR) is 93.6 cm³/mol. The van der Waals surface area contributed by atoms with Gasteiger partial charge in [-0.2, -0.15) is 0 Å². The zero-order valence-electron chi connectivity index (χ0n) is 13.9. The molecule has 0 aliphatic carbocycles. The van der Waals surface area contributed by atoms with Crippen LogP contribution < -0.4 is 11.1 Å². The van der Waals surface area contributed by atoms with Gasteiger partial charge in [0.1, 0.15) is 6.04 Å². The Kier molecular flexibility index (Phi) is 5.95. The molecule has 5 nitrogen and oxygen atoms in total. The number of aryl methyl sites for hydroxylation is 1. The van der Waals surface area contributed by atoms with Crippen LogP contribution >= 0.6 is 0 Å². The van der Waals surface area contributed by atoms with E-state index >= 15 is 0 Å². The van der Waals surface area contributed by atoms with Crippen molar-refractivity contribution in [3.8, 4) is 0 Å². The van der Waals surface area contributed by atoms with E-state index in [-0.39, 0.29) is 12.5 Å². The predicted octanol–water partition coefficient (Wildman–Crippen LogP) is 2.48. The molecule has 2 aromatic rings. The van der Waals surface area contributed by atoms with E-state index in [0.717, 1.165) is 11.1 Å². The molecule has 1 amide bonds. The molecular weight excluding hydrogens is 304 g/mol. The first-order valence-electron chi connectivity index (χ1n) is 7.89. The van der Waals surface area contributed by atoms with Crippen molar-refractivity contribution in [2.75, 3.05) is 12.3 Å². The molecule has 0 aliphatic heterocycles. The average molecular weight is 326 g/mol. The molecule has 126 valence electrons. The summed E-state index contributed by atoms with van der Waals surface area (Å²) in [5.41, 5.74) is 8.58. The van der Waals surface area contributed by atoms with E-state index in [1.807, 2.05) is 31.2 Å². The summed E-state index contributed by atoms with van der Waals surface area (Å²) in [4.78, 5) is 24.7. The summed E-state index contributed by atoms with van der Waals surface area (Å²) in [6.07, 6.45) is 0.365. The van der Waals surface area contributed by atoms with Gasteiger partial charge in [0.15, 0.2) is 0 Å². The molecular formula is C19H22N2O3. The Hall–Kier alpha value is -2.82. The van der Waals surface area contributed by atoms with Crippen molar-refractivity contribution < 1.29 is 14.3 Å². The fourth-order valence-corrected chi connectivity index (χ4v) is 2.43. The van der Waals surface area contributed by atoms with Crippen LogP contribution in [0.15, 0.2) is 48.5 Å². The van der Waals surface area contributed by atoms with E-state index in [2.05, 4.69) is 5.32 Å². The van der Waals surface area contributed by atoms with Gasteiger partial charge in [-0.15, -0.1) is 0 Å². The lowest BCUT2D eigenvalue weighted by atomic mass is 10.0. The highest BCUT2D eigenvalue weighted by atomic mass is 16.5. The maximum absolute atomic E-state index is 12.5. The van der Waals surface area contributed by atoms with Crippen LogP contribution in [0, 0.1) is 6.92 Å². The summed E-state index contributed by atoms with van der Waals surface area (Å²) >= 11 is 0. The van der Waals surface area contributed by atoms with Crippen molar-refractivity contribution in [3.05, 3.63) is 65.2 Å². The summed E-state index contributed by atoms with van der Waals surface area (Å²) in [6.45, 7) is 3.96. The van der Waals surface area contributed by atoms with Crippen LogP contribution in [0.5, 0.6) is 0 Å². The Morgan fingerprint density at radius 2 is 1.79 bits per heavy atom. The number of benzene rings is 2. The number of hydrogen-bond acceptors (Lipinski definition) is 4. The SMILES string of the molecule is CCOC(=O)C(Cc1ccccc1C)NC(=O)c1ccccc1N. The Labute approximate surface area is 141 Å². The molecule has 1 atom stereocenters. The fraction of sp³-hybridized carbons (Fsp3) is 0.263. The van der Waals surface area contributed by atoms with Crippen LogP contribution in [0.4, 0.5) is 5.69 Å². The molecule has 2 aromatic carbocycles. The quantitative estimate of drug-likeness (QED) is 0.631. The molecule has 0 saturated heterocycles. The highest BCUT2D eigenvalue weighted by molar-refractivity contribution is 6.00. The van der Waals surface area contributed by atoms with E-state index in [1.165, 1.54) is 0 Å². The largest absolute Gasteiger partial charge is 0.464 e. The van der Waals surface area contributed by atoms with Gasteiger partial charge in [-0.1, -0.05) is 36.4 Å². The van der Waals surface area contributed by atoms with Gasteiger partial charge in [0, 0.05) is 12.1 Å². The lowest BCUT2D eigenvalue weighted by Crippen LogP contribution is -2.43. The molecule has 0 bridgehead atoms. The topological polar surface area (TPSA) is 81.4 Å². The number of hydrogen-bond donors (Lipinski definition) is 2. The number of carbonyl (C=O) groups excluding carboxylic acids is 2. The monoisotopic (exact) mass is 326 g/mol. The van der Waals surface area contributed by atoms with Gasteiger partial charge >= 0.3 is 5.97 Å². The normalized spacial score (nSPS) is 11.6. The maximum atomic E-state index is 12.5. The molecule has 2 rings (SSSR count). The third-order valence-corrected chi connectivity index (χ3v) is 3.77.